The second-order valence-corrected chi connectivity index (χ2v) is 5.27. The van der Waals surface area contributed by atoms with Gasteiger partial charge in [-0.2, -0.15) is 0 Å². The molecule has 0 aromatic heterocycles. The van der Waals surface area contributed by atoms with E-state index in [-0.39, 0.29) is 5.92 Å². The van der Waals surface area contributed by atoms with Crippen molar-refractivity contribution >= 4 is 5.78 Å². The third kappa shape index (κ3) is 1.80. The summed E-state index contributed by atoms with van der Waals surface area (Å²) in [5.74, 6) is 2.19. The minimum Gasteiger partial charge on any atom is -0.294 e. The van der Waals surface area contributed by atoms with Gasteiger partial charge in [-0.3, -0.25) is 4.79 Å². The SMILES string of the molecule is C=C1CC[C@H]2C=CC[C@H](C(C)C)[C@H]2C1=O. The topological polar surface area (TPSA) is 17.1 Å². The molecule has 1 fully saturated rings. The third-order valence-corrected chi connectivity index (χ3v) is 4.00. The minimum atomic E-state index is 0.233. The van der Waals surface area contributed by atoms with E-state index in [0.717, 1.165) is 24.8 Å². The molecule has 1 heteroatoms. The molecule has 1 saturated carbocycles. The molecule has 0 aliphatic heterocycles. The highest BCUT2D eigenvalue weighted by Crippen LogP contribution is 2.42. The van der Waals surface area contributed by atoms with E-state index >= 15 is 0 Å². The van der Waals surface area contributed by atoms with Crippen molar-refractivity contribution in [3.05, 3.63) is 24.3 Å². The summed E-state index contributed by atoms with van der Waals surface area (Å²) in [6.07, 6.45) is 7.61. The van der Waals surface area contributed by atoms with Crippen LogP contribution in [0.4, 0.5) is 0 Å². The van der Waals surface area contributed by atoms with Crippen molar-refractivity contribution in [2.45, 2.75) is 33.1 Å². The van der Waals surface area contributed by atoms with E-state index in [0.29, 0.717) is 23.5 Å². The lowest BCUT2D eigenvalue weighted by Gasteiger charge is -2.39. The molecule has 0 heterocycles. The van der Waals surface area contributed by atoms with Crippen molar-refractivity contribution in [3.63, 3.8) is 0 Å². The Balaban J connectivity index is 2.28. The van der Waals surface area contributed by atoms with E-state index in [4.69, 9.17) is 0 Å². The predicted octanol–water partition coefficient (Wildman–Crippen LogP) is 3.37. The van der Waals surface area contributed by atoms with Crippen molar-refractivity contribution in [1.29, 1.82) is 0 Å². The summed E-state index contributed by atoms with van der Waals surface area (Å²) in [4.78, 5) is 12.1. The second-order valence-electron chi connectivity index (χ2n) is 5.27. The maximum atomic E-state index is 12.1. The van der Waals surface area contributed by atoms with Crippen LogP contribution >= 0.6 is 0 Å². The number of allylic oxidation sites excluding steroid dienone is 3. The Labute approximate surface area is 92.3 Å². The highest BCUT2D eigenvalue weighted by atomic mass is 16.1. The van der Waals surface area contributed by atoms with Crippen LogP contribution in [0.25, 0.3) is 0 Å². The second kappa shape index (κ2) is 3.96. The average molecular weight is 204 g/mol. The lowest BCUT2D eigenvalue weighted by molar-refractivity contribution is -0.124. The Morgan fingerprint density at radius 3 is 2.87 bits per heavy atom. The van der Waals surface area contributed by atoms with Crippen LogP contribution in [0, 0.1) is 23.7 Å². The van der Waals surface area contributed by atoms with Crippen molar-refractivity contribution in [3.8, 4) is 0 Å². The molecule has 0 unspecified atom stereocenters. The predicted molar refractivity (Wildman–Crippen MR) is 62.4 cm³/mol. The van der Waals surface area contributed by atoms with Gasteiger partial charge in [0.05, 0.1) is 0 Å². The van der Waals surface area contributed by atoms with Crippen molar-refractivity contribution in [1.82, 2.24) is 0 Å². The van der Waals surface area contributed by atoms with Crippen molar-refractivity contribution in [2.75, 3.05) is 0 Å². The minimum absolute atomic E-state index is 0.233. The van der Waals surface area contributed by atoms with Gasteiger partial charge in [0.1, 0.15) is 0 Å². The first kappa shape index (κ1) is 10.7. The van der Waals surface area contributed by atoms with Gasteiger partial charge in [-0.05, 0) is 42.6 Å². The molecule has 82 valence electrons. The van der Waals surface area contributed by atoms with Gasteiger partial charge >= 0.3 is 0 Å². The van der Waals surface area contributed by atoms with E-state index in [1.165, 1.54) is 0 Å². The Hall–Kier alpha value is -0.850. The Morgan fingerprint density at radius 2 is 2.20 bits per heavy atom. The van der Waals surface area contributed by atoms with Crippen LogP contribution in [-0.4, -0.2) is 5.78 Å². The van der Waals surface area contributed by atoms with Crippen molar-refractivity contribution < 1.29 is 4.79 Å². The van der Waals surface area contributed by atoms with E-state index in [9.17, 15) is 4.79 Å². The zero-order chi connectivity index (χ0) is 11.0. The summed E-state index contributed by atoms with van der Waals surface area (Å²) in [5, 5.41) is 0. The van der Waals surface area contributed by atoms with Gasteiger partial charge in [0.15, 0.2) is 5.78 Å². The smallest absolute Gasteiger partial charge is 0.162 e. The molecule has 1 nitrogen and oxygen atoms in total. The van der Waals surface area contributed by atoms with Crippen molar-refractivity contribution in [2.24, 2.45) is 23.7 Å². The largest absolute Gasteiger partial charge is 0.294 e. The first-order valence-electron chi connectivity index (χ1n) is 6.00. The number of carbonyl (C=O) groups is 1. The fourth-order valence-corrected chi connectivity index (χ4v) is 3.05. The summed E-state index contributed by atoms with van der Waals surface area (Å²) in [7, 11) is 0. The molecule has 0 saturated heterocycles. The first-order chi connectivity index (χ1) is 7.11. The van der Waals surface area contributed by atoms with Crippen LogP contribution in [0.3, 0.4) is 0 Å². The molecule has 0 bridgehead atoms. The van der Waals surface area contributed by atoms with Gasteiger partial charge in [0.2, 0.25) is 0 Å². The standard InChI is InChI=1S/C14H20O/c1-9(2)12-6-4-5-11-8-7-10(3)14(15)13(11)12/h4-5,9,11-13H,3,6-8H2,1-2H3/t11-,12-,13+/m1/s1. The number of hydrogen-bond donors (Lipinski definition) is 0. The lowest BCUT2D eigenvalue weighted by Crippen LogP contribution is -2.38. The molecular formula is C14H20O. The van der Waals surface area contributed by atoms with E-state index in [1.807, 2.05) is 0 Å². The highest BCUT2D eigenvalue weighted by Gasteiger charge is 2.40. The molecule has 15 heavy (non-hydrogen) atoms. The zero-order valence-electron chi connectivity index (χ0n) is 9.70. The van der Waals surface area contributed by atoms with Gasteiger partial charge in [0, 0.05) is 5.92 Å². The maximum absolute atomic E-state index is 12.1. The molecule has 0 radical (unpaired) electrons. The Morgan fingerprint density at radius 1 is 1.47 bits per heavy atom. The number of fused-ring (bicyclic) bond motifs is 1. The van der Waals surface area contributed by atoms with Gasteiger partial charge in [0.25, 0.3) is 0 Å². The van der Waals surface area contributed by atoms with Gasteiger partial charge in [-0.1, -0.05) is 32.6 Å². The molecular weight excluding hydrogens is 184 g/mol. The average Bonchev–Trinajstić information content (AvgIpc) is 2.23. The van der Waals surface area contributed by atoms with E-state index < -0.39 is 0 Å². The first-order valence-corrected chi connectivity index (χ1v) is 6.00. The molecule has 2 aliphatic rings. The number of Topliss-reactive ketones (excluding diaryl/α,β-unsaturated/α-hetero) is 1. The number of ketones is 1. The molecule has 0 aromatic rings. The quantitative estimate of drug-likeness (QED) is 0.473. The van der Waals surface area contributed by atoms with Crippen LogP contribution in [-0.2, 0) is 4.79 Å². The molecule has 3 atom stereocenters. The fraction of sp³-hybridized carbons (Fsp3) is 0.643. The molecule has 0 aromatic carbocycles. The third-order valence-electron chi connectivity index (χ3n) is 4.00. The van der Waals surface area contributed by atoms with Crippen LogP contribution in [0.2, 0.25) is 0 Å². The van der Waals surface area contributed by atoms with E-state index in [2.05, 4.69) is 32.6 Å². The summed E-state index contributed by atoms with van der Waals surface area (Å²) in [6.45, 7) is 8.36. The van der Waals surface area contributed by atoms with Crippen LogP contribution < -0.4 is 0 Å². The molecule has 0 spiro atoms. The van der Waals surface area contributed by atoms with Gasteiger partial charge in [-0.15, -0.1) is 0 Å². The summed E-state index contributed by atoms with van der Waals surface area (Å²) in [6, 6.07) is 0. The van der Waals surface area contributed by atoms with E-state index in [1.54, 1.807) is 0 Å². The molecule has 2 aliphatic carbocycles. The normalized spacial score (nSPS) is 35.8. The van der Waals surface area contributed by atoms with Crippen LogP contribution in [0.5, 0.6) is 0 Å². The van der Waals surface area contributed by atoms with Crippen LogP contribution in [0.15, 0.2) is 24.3 Å². The maximum Gasteiger partial charge on any atom is 0.162 e. The summed E-state index contributed by atoms with van der Waals surface area (Å²) in [5.41, 5.74) is 0.859. The molecule has 2 rings (SSSR count). The zero-order valence-corrected chi connectivity index (χ0v) is 9.70. The molecule has 0 N–H and O–H groups in total. The van der Waals surface area contributed by atoms with Gasteiger partial charge < -0.3 is 0 Å². The number of hydrogen-bond acceptors (Lipinski definition) is 1. The monoisotopic (exact) mass is 204 g/mol. The number of rotatable bonds is 1. The highest BCUT2D eigenvalue weighted by molar-refractivity contribution is 5.98. The lowest BCUT2D eigenvalue weighted by atomic mass is 9.64. The summed E-state index contributed by atoms with van der Waals surface area (Å²) >= 11 is 0. The molecule has 0 amide bonds. The Bertz CT molecular complexity index is 311. The number of carbonyl (C=O) groups excluding carboxylic acids is 1. The van der Waals surface area contributed by atoms with Crippen LogP contribution in [0.1, 0.15) is 33.1 Å². The van der Waals surface area contributed by atoms with Gasteiger partial charge in [-0.25, -0.2) is 0 Å². The fourth-order valence-electron chi connectivity index (χ4n) is 3.05. The summed E-state index contributed by atoms with van der Waals surface area (Å²) < 4.78 is 0. The Kier molecular flexibility index (Phi) is 2.81.